The maximum Gasteiger partial charge on any atom is 0.163 e. The first-order valence-corrected chi connectivity index (χ1v) is 4.06. The summed E-state index contributed by atoms with van der Waals surface area (Å²) in [7, 11) is 0. The molecular weight excluding hydrogens is 166 g/mol. The van der Waals surface area contributed by atoms with Crippen LogP contribution in [0.4, 0.5) is 0 Å². The van der Waals surface area contributed by atoms with Crippen LogP contribution in [0.15, 0.2) is 28.4 Å². The molecule has 0 amide bonds. The van der Waals surface area contributed by atoms with E-state index in [2.05, 4.69) is 4.99 Å². The number of carbonyl (C=O) groups excluding carboxylic acids is 2. The Hall–Kier alpha value is -1.51. The highest BCUT2D eigenvalue weighted by atomic mass is 16.1. The summed E-state index contributed by atoms with van der Waals surface area (Å²) in [4.78, 5) is 26.1. The van der Waals surface area contributed by atoms with Gasteiger partial charge in [0, 0.05) is 18.8 Å². The van der Waals surface area contributed by atoms with Crippen LogP contribution in [0.25, 0.3) is 0 Å². The van der Waals surface area contributed by atoms with Crippen LogP contribution in [0.3, 0.4) is 0 Å². The minimum absolute atomic E-state index is 0.178. The van der Waals surface area contributed by atoms with Crippen LogP contribution in [-0.2, 0) is 9.59 Å². The molecule has 0 unspecified atom stereocenters. The highest BCUT2D eigenvalue weighted by Crippen LogP contribution is 2.14. The number of Topliss-reactive ketones (excluding diaryl/α,β-unsaturated/α-hetero) is 2. The molecule has 13 heavy (non-hydrogen) atoms. The molecular formula is C10H11NO2. The summed E-state index contributed by atoms with van der Waals surface area (Å²) in [5, 5.41) is 0. The van der Waals surface area contributed by atoms with Gasteiger partial charge in [0.05, 0.1) is 5.57 Å². The van der Waals surface area contributed by atoms with Gasteiger partial charge in [-0.25, -0.2) is 0 Å². The van der Waals surface area contributed by atoms with Crippen molar-refractivity contribution in [2.75, 3.05) is 0 Å². The van der Waals surface area contributed by atoms with Crippen molar-refractivity contribution < 1.29 is 9.59 Å². The maximum absolute atomic E-state index is 11.1. The van der Waals surface area contributed by atoms with Crippen molar-refractivity contribution in [2.24, 2.45) is 4.99 Å². The zero-order valence-corrected chi connectivity index (χ0v) is 7.70. The summed E-state index contributed by atoms with van der Waals surface area (Å²) in [6, 6.07) is 0. The molecule has 1 heterocycles. The van der Waals surface area contributed by atoms with Gasteiger partial charge in [0.25, 0.3) is 0 Å². The van der Waals surface area contributed by atoms with Crippen molar-refractivity contribution in [1.82, 2.24) is 0 Å². The summed E-state index contributed by atoms with van der Waals surface area (Å²) in [5.41, 5.74) is 1.05. The van der Waals surface area contributed by atoms with Gasteiger partial charge in [0.2, 0.25) is 0 Å². The fourth-order valence-electron chi connectivity index (χ4n) is 1.30. The Kier molecular flexibility index (Phi) is 2.90. The van der Waals surface area contributed by atoms with Gasteiger partial charge in [-0.1, -0.05) is 0 Å². The van der Waals surface area contributed by atoms with E-state index in [1.165, 1.54) is 13.8 Å². The predicted octanol–water partition coefficient (Wildman–Crippen LogP) is 1.45. The van der Waals surface area contributed by atoms with Crippen LogP contribution in [0, 0.1) is 0 Å². The van der Waals surface area contributed by atoms with Crippen LogP contribution in [-0.4, -0.2) is 17.8 Å². The molecule has 68 valence electrons. The van der Waals surface area contributed by atoms with E-state index in [9.17, 15) is 9.59 Å². The van der Waals surface area contributed by atoms with E-state index >= 15 is 0 Å². The number of hydrogen-bond donors (Lipinski definition) is 0. The number of nitrogens with zero attached hydrogens (tertiary/aromatic N) is 1. The average molecular weight is 177 g/mol. The number of ketones is 2. The summed E-state index contributed by atoms with van der Waals surface area (Å²) < 4.78 is 0. The van der Waals surface area contributed by atoms with Crippen molar-refractivity contribution in [1.29, 1.82) is 0 Å². The van der Waals surface area contributed by atoms with Gasteiger partial charge >= 0.3 is 0 Å². The minimum atomic E-state index is -0.178. The highest BCUT2D eigenvalue weighted by molar-refractivity contribution is 6.19. The molecule has 3 heteroatoms. The molecule has 0 aromatic carbocycles. The molecule has 0 radical (unpaired) electrons. The van der Waals surface area contributed by atoms with E-state index in [-0.39, 0.29) is 11.6 Å². The second-order valence-corrected chi connectivity index (χ2v) is 2.86. The van der Waals surface area contributed by atoms with Crippen LogP contribution < -0.4 is 0 Å². The maximum atomic E-state index is 11.1. The molecule has 0 aromatic heterocycles. The van der Waals surface area contributed by atoms with Crippen LogP contribution in [0.5, 0.6) is 0 Å². The Labute approximate surface area is 76.9 Å². The standard InChI is InChI=1S/C10H11NO2/c1-7(12)10(8(2)13)9-3-5-11-6-4-9/h3,5-6H,4H2,1-2H3. The number of hydrogen-bond acceptors (Lipinski definition) is 3. The van der Waals surface area contributed by atoms with Crippen molar-refractivity contribution in [3.8, 4) is 0 Å². The molecule has 0 fully saturated rings. The first-order chi connectivity index (χ1) is 6.13. The van der Waals surface area contributed by atoms with Gasteiger partial charge in [-0.3, -0.25) is 14.6 Å². The molecule has 0 spiro atoms. The fourth-order valence-corrected chi connectivity index (χ4v) is 1.30. The lowest BCUT2D eigenvalue weighted by molar-refractivity contribution is -0.119. The van der Waals surface area contributed by atoms with E-state index in [1.807, 2.05) is 0 Å². The molecule has 1 aliphatic rings. The van der Waals surface area contributed by atoms with Crippen LogP contribution in [0.2, 0.25) is 0 Å². The van der Waals surface area contributed by atoms with Crippen molar-refractivity contribution in [3.63, 3.8) is 0 Å². The number of aliphatic imine (C=N–C) groups is 1. The second-order valence-electron chi connectivity index (χ2n) is 2.86. The van der Waals surface area contributed by atoms with Gasteiger partial charge in [0.1, 0.15) is 0 Å². The molecule has 0 aromatic rings. The van der Waals surface area contributed by atoms with E-state index in [0.29, 0.717) is 12.0 Å². The van der Waals surface area contributed by atoms with E-state index in [4.69, 9.17) is 0 Å². The van der Waals surface area contributed by atoms with E-state index in [0.717, 1.165) is 5.57 Å². The molecule has 1 rings (SSSR count). The predicted molar refractivity (Wildman–Crippen MR) is 50.6 cm³/mol. The van der Waals surface area contributed by atoms with Gasteiger partial charge in [-0.15, -0.1) is 0 Å². The number of carbonyl (C=O) groups is 2. The van der Waals surface area contributed by atoms with Crippen LogP contribution >= 0.6 is 0 Å². The quantitative estimate of drug-likeness (QED) is 0.364. The molecule has 0 atom stereocenters. The van der Waals surface area contributed by atoms with E-state index < -0.39 is 0 Å². The molecule has 0 bridgehead atoms. The molecule has 0 aliphatic carbocycles. The van der Waals surface area contributed by atoms with Crippen molar-refractivity contribution in [2.45, 2.75) is 20.3 Å². The average Bonchev–Trinajstić information content (AvgIpc) is 2.04. The Morgan fingerprint density at radius 1 is 1.31 bits per heavy atom. The molecule has 3 nitrogen and oxygen atoms in total. The van der Waals surface area contributed by atoms with Gasteiger partial charge in [-0.2, -0.15) is 0 Å². The zero-order chi connectivity index (χ0) is 9.84. The Balaban J connectivity index is 3.10. The smallest absolute Gasteiger partial charge is 0.163 e. The summed E-state index contributed by atoms with van der Waals surface area (Å²) >= 11 is 0. The SMILES string of the molecule is CC(=O)C(C(C)=O)=C1C=CN=CC1. The largest absolute Gasteiger partial charge is 0.294 e. The zero-order valence-electron chi connectivity index (χ0n) is 7.70. The molecule has 0 saturated carbocycles. The third kappa shape index (κ3) is 2.21. The van der Waals surface area contributed by atoms with Crippen LogP contribution in [0.1, 0.15) is 20.3 Å². The Bertz CT molecular complexity index is 319. The number of allylic oxidation sites excluding steroid dienone is 3. The first kappa shape index (κ1) is 9.58. The minimum Gasteiger partial charge on any atom is -0.294 e. The summed E-state index contributed by atoms with van der Waals surface area (Å²) in [6.07, 6.45) is 5.54. The van der Waals surface area contributed by atoms with Gasteiger partial charge in [-0.05, 0) is 25.5 Å². The monoisotopic (exact) mass is 177 g/mol. The lowest BCUT2D eigenvalue weighted by Crippen LogP contribution is -2.10. The second kappa shape index (κ2) is 3.94. The summed E-state index contributed by atoms with van der Waals surface area (Å²) in [6.45, 7) is 2.81. The highest BCUT2D eigenvalue weighted by Gasteiger charge is 2.14. The lowest BCUT2D eigenvalue weighted by atomic mass is 9.98. The van der Waals surface area contributed by atoms with Gasteiger partial charge in [0.15, 0.2) is 11.6 Å². The van der Waals surface area contributed by atoms with Gasteiger partial charge < -0.3 is 0 Å². The van der Waals surface area contributed by atoms with Crippen molar-refractivity contribution >= 4 is 17.8 Å². The summed E-state index contributed by atoms with van der Waals surface area (Å²) in [5.74, 6) is -0.357. The van der Waals surface area contributed by atoms with E-state index in [1.54, 1.807) is 18.5 Å². The molecule has 0 N–H and O–H groups in total. The number of rotatable bonds is 2. The Morgan fingerprint density at radius 2 is 1.92 bits per heavy atom. The topological polar surface area (TPSA) is 46.5 Å². The Morgan fingerprint density at radius 3 is 2.31 bits per heavy atom. The molecule has 1 aliphatic heterocycles. The first-order valence-electron chi connectivity index (χ1n) is 4.06. The normalized spacial score (nSPS) is 14.5. The third-order valence-corrected chi connectivity index (χ3v) is 1.80. The van der Waals surface area contributed by atoms with Crippen molar-refractivity contribution in [3.05, 3.63) is 23.4 Å². The third-order valence-electron chi connectivity index (χ3n) is 1.80. The molecule has 0 saturated heterocycles. The lowest BCUT2D eigenvalue weighted by Gasteiger charge is -2.06. The fraction of sp³-hybridized carbons (Fsp3) is 0.300.